The molecule has 0 bridgehead atoms. The molecule has 0 N–H and O–H groups in total. The number of para-hydroxylation sites is 1. The molecule has 0 aliphatic carbocycles. The van der Waals surface area contributed by atoms with E-state index in [4.69, 9.17) is 0 Å². The lowest BCUT2D eigenvalue weighted by molar-refractivity contribution is -0.400. The summed E-state index contributed by atoms with van der Waals surface area (Å²) in [5, 5.41) is 3.25. The summed E-state index contributed by atoms with van der Waals surface area (Å²) in [5.41, 5.74) is 1.43. The van der Waals surface area contributed by atoms with Gasteiger partial charge in [0, 0.05) is 17.7 Å². The number of nitrogens with zero attached hydrogens (tertiary/aromatic N) is 1. The third-order valence-corrected chi connectivity index (χ3v) is 7.30. The van der Waals surface area contributed by atoms with E-state index in [0.29, 0.717) is 0 Å². The Morgan fingerprint density at radius 2 is 1.86 bits per heavy atom. The second-order valence-corrected chi connectivity index (χ2v) is 8.87. The van der Waals surface area contributed by atoms with Gasteiger partial charge in [-0.2, -0.15) is 0 Å². The molecular weight excluding hydrogens is 186 g/mol. The summed E-state index contributed by atoms with van der Waals surface area (Å²) in [7, 11) is 0.897. The summed E-state index contributed by atoms with van der Waals surface area (Å²) in [5.74, 6) is 0. The zero-order valence-electron chi connectivity index (χ0n) is 9.46. The molecule has 74 valence electrons. The monoisotopic (exact) mass is 204 g/mol. The first-order valence-corrected chi connectivity index (χ1v) is 8.28. The van der Waals surface area contributed by atoms with E-state index in [-0.39, 0.29) is 0 Å². The van der Waals surface area contributed by atoms with Crippen LogP contribution in [0.2, 0.25) is 13.1 Å². The smallest absolute Gasteiger partial charge is 0.204 e. The van der Waals surface area contributed by atoms with E-state index in [1.165, 1.54) is 12.1 Å². The molecular formula is C12H18NSi+. The number of benzene rings is 1. The van der Waals surface area contributed by atoms with Crippen LogP contribution in [-0.4, -0.2) is 25.0 Å². The molecule has 2 heteroatoms. The predicted molar refractivity (Wildman–Crippen MR) is 64.7 cm³/mol. The van der Waals surface area contributed by atoms with Crippen LogP contribution in [-0.2, 0) is 0 Å². The highest BCUT2D eigenvalue weighted by atomic mass is 28.3. The molecule has 14 heavy (non-hydrogen) atoms. The topological polar surface area (TPSA) is 3.01 Å². The van der Waals surface area contributed by atoms with Crippen LogP contribution in [0.25, 0.3) is 0 Å². The Bertz CT molecular complexity index is 405. The number of fused-ring (bicyclic) bond motifs is 1. The van der Waals surface area contributed by atoms with E-state index in [0.717, 1.165) is 0 Å². The average molecular weight is 204 g/mol. The second kappa shape index (κ2) is 3.06. The molecule has 1 aromatic carbocycles. The molecule has 1 heterocycles. The molecule has 0 unspecified atom stereocenters. The molecule has 0 saturated carbocycles. The van der Waals surface area contributed by atoms with Crippen LogP contribution in [0, 0.1) is 0 Å². The highest BCUT2D eigenvalue weighted by Gasteiger charge is 2.44. The Morgan fingerprint density at radius 1 is 1.21 bits per heavy atom. The van der Waals surface area contributed by atoms with E-state index in [1.807, 2.05) is 0 Å². The third kappa shape index (κ3) is 1.10. The van der Waals surface area contributed by atoms with Crippen molar-refractivity contribution in [2.24, 2.45) is 0 Å². The summed E-state index contributed by atoms with van der Waals surface area (Å²) in [4.78, 5) is 0. The minimum absolute atomic E-state index is 1.18. The van der Waals surface area contributed by atoms with Crippen LogP contribution >= 0.6 is 0 Å². The van der Waals surface area contributed by atoms with Gasteiger partial charge in [0.2, 0.25) is 5.69 Å². The zero-order chi connectivity index (χ0) is 10.3. The molecule has 1 aliphatic heterocycles. The van der Waals surface area contributed by atoms with Crippen molar-refractivity contribution in [3.8, 4) is 0 Å². The van der Waals surface area contributed by atoms with E-state index in [1.54, 1.807) is 10.5 Å². The Balaban J connectivity index is 2.68. The van der Waals surface area contributed by atoms with Crippen molar-refractivity contribution in [1.82, 2.24) is 0 Å². The maximum Gasteiger partial charge on any atom is 0.204 e. The lowest BCUT2D eigenvalue weighted by Crippen LogP contribution is -2.46. The SMILES string of the molecule is CCC1=[N+](C)c2ccccc2[Si]1(C)C. The van der Waals surface area contributed by atoms with Gasteiger partial charge in [-0.1, -0.05) is 38.2 Å². The van der Waals surface area contributed by atoms with Crippen molar-refractivity contribution < 1.29 is 4.58 Å². The molecule has 2 rings (SSSR count). The predicted octanol–water partition coefficient (Wildman–Crippen LogP) is 2.28. The molecule has 0 saturated heterocycles. The van der Waals surface area contributed by atoms with Gasteiger partial charge in [0.05, 0.1) is 0 Å². The third-order valence-electron chi connectivity index (χ3n) is 3.40. The molecule has 0 fully saturated rings. The van der Waals surface area contributed by atoms with Crippen molar-refractivity contribution >= 4 is 24.3 Å². The van der Waals surface area contributed by atoms with E-state index >= 15 is 0 Å². The fourth-order valence-electron chi connectivity index (χ4n) is 2.69. The van der Waals surface area contributed by atoms with Crippen LogP contribution in [0.5, 0.6) is 0 Å². The molecule has 1 aromatic rings. The lowest BCUT2D eigenvalue weighted by atomic mass is 10.3. The molecule has 1 aliphatic rings. The highest BCUT2D eigenvalue weighted by Crippen LogP contribution is 2.24. The normalized spacial score (nSPS) is 18.6. The maximum atomic E-state index is 2.45. The highest BCUT2D eigenvalue weighted by molar-refractivity contribution is 7.14. The Kier molecular flexibility index (Phi) is 2.11. The largest absolute Gasteiger partial charge is 0.208 e. The molecule has 1 nitrogen and oxygen atoms in total. The molecule has 0 aromatic heterocycles. The van der Waals surface area contributed by atoms with Gasteiger partial charge in [-0.05, 0) is 0 Å². The van der Waals surface area contributed by atoms with Gasteiger partial charge in [0.15, 0.2) is 8.07 Å². The number of rotatable bonds is 1. The Labute approximate surface area is 87.1 Å². The van der Waals surface area contributed by atoms with E-state index < -0.39 is 8.07 Å². The van der Waals surface area contributed by atoms with E-state index in [2.05, 4.69) is 55.9 Å². The van der Waals surface area contributed by atoms with Crippen LogP contribution in [0.4, 0.5) is 5.69 Å². The van der Waals surface area contributed by atoms with Gasteiger partial charge >= 0.3 is 0 Å². The Morgan fingerprint density at radius 3 is 2.43 bits per heavy atom. The zero-order valence-corrected chi connectivity index (χ0v) is 10.5. The summed E-state index contributed by atoms with van der Waals surface area (Å²) < 4.78 is 2.40. The summed E-state index contributed by atoms with van der Waals surface area (Å²) >= 11 is 0. The fraction of sp³-hybridized carbons (Fsp3) is 0.417. The lowest BCUT2D eigenvalue weighted by Gasteiger charge is -2.12. The first-order valence-electron chi connectivity index (χ1n) is 5.28. The van der Waals surface area contributed by atoms with Gasteiger partial charge in [-0.25, -0.2) is 4.58 Å². The summed E-state index contributed by atoms with van der Waals surface area (Å²) in [6, 6.07) is 8.85. The van der Waals surface area contributed by atoms with Crippen molar-refractivity contribution in [2.75, 3.05) is 7.05 Å². The quantitative estimate of drug-likeness (QED) is 0.488. The number of hydrogen-bond acceptors (Lipinski definition) is 0. The summed E-state index contributed by atoms with van der Waals surface area (Å²) in [6.07, 6.45) is 1.18. The average Bonchev–Trinajstić information content (AvgIpc) is 2.36. The minimum atomic E-state index is -1.31. The van der Waals surface area contributed by atoms with Crippen LogP contribution < -0.4 is 5.19 Å². The van der Waals surface area contributed by atoms with Crippen molar-refractivity contribution in [2.45, 2.75) is 26.4 Å². The standard InChI is InChI=1S/C12H18NSi/c1-5-12-13(2)10-8-6-7-9-11(10)14(12,3)4/h6-9H,5H2,1-4H3/q+1. The molecule has 0 radical (unpaired) electrons. The van der Waals surface area contributed by atoms with Gasteiger partial charge in [0.25, 0.3) is 0 Å². The maximum absolute atomic E-state index is 2.45. The van der Waals surface area contributed by atoms with Crippen LogP contribution in [0.3, 0.4) is 0 Å². The fourth-order valence-corrected chi connectivity index (χ4v) is 6.25. The minimum Gasteiger partial charge on any atom is -0.208 e. The Hall–Kier alpha value is -0.893. The van der Waals surface area contributed by atoms with Gasteiger partial charge in [-0.3, -0.25) is 0 Å². The van der Waals surface area contributed by atoms with E-state index in [9.17, 15) is 0 Å². The van der Waals surface area contributed by atoms with Crippen LogP contribution in [0.1, 0.15) is 13.3 Å². The van der Waals surface area contributed by atoms with Crippen molar-refractivity contribution in [1.29, 1.82) is 0 Å². The second-order valence-electron chi connectivity index (χ2n) is 4.50. The van der Waals surface area contributed by atoms with Gasteiger partial charge in [-0.15, -0.1) is 0 Å². The van der Waals surface area contributed by atoms with Gasteiger partial charge in [0.1, 0.15) is 12.4 Å². The van der Waals surface area contributed by atoms with Gasteiger partial charge < -0.3 is 0 Å². The first-order chi connectivity index (χ1) is 6.59. The van der Waals surface area contributed by atoms with Crippen LogP contribution in [0.15, 0.2) is 24.3 Å². The first kappa shape index (κ1) is 9.65. The van der Waals surface area contributed by atoms with Crippen molar-refractivity contribution in [3.63, 3.8) is 0 Å². The molecule has 0 atom stereocenters. The number of hydrogen-bond donors (Lipinski definition) is 0. The summed E-state index contributed by atoms with van der Waals surface area (Å²) in [6.45, 7) is 7.18. The molecule has 0 amide bonds. The van der Waals surface area contributed by atoms with Crippen molar-refractivity contribution in [3.05, 3.63) is 24.3 Å². The molecule has 0 spiro atoms.